The quantitative estimate of drug-likeness (QED) is 0.750. The lowest BCUT2D eigenvalue weighted by molar-refractivity contribution is 0.0992. The summed E-state index contributed by atoms with van der Waals surface area (Å²) in [5.74, 6) is 2.51. The molecule has 3 atom stereocenters. The fraction of sp³-hybridized carbons (Fsp3) is 0.625. The average molecular weight is 405 g/mol. The van der Waals surface area contributed by atoms with Crippen molar-refractivity contribution >= 4 is 31.9 Å². The van der Waals surface area contributed by atoms with E-state index in [4.69, 9.17) is 4.74 Å². The molecule has 20 heavy (non-hydrogen) atoms. The number of rotatable bonds is 4. The van der Waals surface area contributed by atoms with Gasteiger partial charge in [0.05, 0.1) is 15.0 Å². The molecule has 0 amide bonds. The normalized spacial score (nSPS) is 26.6. The summed E-state index contributed by atoms with van der Waals surface area (Å²) in [6.07, 6.45) is 3.91. The number of nitrogens with one attached hydrogen (secondary N) is 1. The molecule has 1 aliphatic rings. The van der Waals surface area contributed by atoms with E-state index >= 15 is 0 Å². The Labute approximate surface area is 138 Å². The SMILES string of the molecule is CNCc1cc(Br)c(OC2CCC(C)C(C)C2)c(Br)c1. The molecule has 0 heterocycles. The van der Waals surface area contributed by atoms with E-state index in [-0.39, 0.29) is 0 Å². The smallest absolute Gasteiger partial charge is 0.148 e. The zero-order valence-electron chi connectivity index (χ0n) is 12.4. The Bertz CT molecular complexity index is 441. The van der Waals surface area contributed by atoms with Crippen LogP contribution in [0.1, 0.15) is 38.7 Å². The zero-order valence-corrected chi connectivity index (χ0v) is 15.6. The monoisotopic (exact) mass is 403 g/mol. The van der Waals surface area contributed by atoms with Crippen LogP contribution >= 0.6 is 31.9 Å². The largest absolute Gasteiger partial charge is 0.488 e. The molecule has 0 aliphatic heterocycles. The Morgan fingerprint density at radius 1 is 1.15 bits per heavy atom. The molecule has 112 valence electrons. The molecule has 1 N–H and O–H groups in total. The van der Waals surface area contributed by atoms with Gasteiger partial charge >= 0.3 is 0 Å². The molecular weight excluding hydrogens is 382 g/mol. The molecule has 2 nitrogen and oxygen atoms in total. The molecule has 1 aromatic rings. The lowest BCUT2D eigenvalue weighted by Crippen LogP contribution is -2.29. The molecule has 1 saturated carbocycles. The van der Waals surface area contributed by atoms with Crippen LogP contribution in [-0.2, 0) is 6.54 Å². The summed E-state index contributed by atoms with van der Waals surface area (Å²) < 4.78 is 8.32. The molecule has 1 aliphatic carbocycles. The standard InChI is InChI=1S/C16H23Br2NO/c1-10-4-5-13(6-11(10)2)20-16-14(17)7-12(9-19-3)8-15(16)18/h7-8,10-11,13,19H,4-6,9H2,1-3H3. The zero-order chi connectivity index (χ0) is 14.7. The highest BCUT2D eigenvalue weighted by atomic mass is 79.9. The summed E-state index contributed by atoms with van der Waals surface area (Å²) in [5, 5.41) is 3.17. The van der Waals surface area contributed by atoms with Crippen molar-refractivity contribution in [2.24, 2.45) is 11.8 Å². The number of ether oxygens (including phenoxy) is 1. The van der Waals surface area contributed by atoms with Crippen LogP contribution in [0.2, 0.25) is 0 Å². The molecule has 0 radical (unpaired) electrons. The summed E-state index contributed by atoms with van der Waals surface area (Å²) in [7, 11) is 1.96. The van der Waals surface area contributed by atoms with E-state index in [1.165, 1.54) is 12.0 Å². The van der Waals surface area contributed by atoms with Crippen LogP contribution in [0.5, 0.6) is 5.75 Å². The lowest BCUT2D eigenvalue weighted by atomic mass is 9.80. The van der Waals surface area contributed by atoms with Gasteiger partial charge in [0.1, 0.15) is 5.75 Å². The van der Waals surface area contributed by atoms with E-state index < -0.39 is 0 Å². The Balaban J connectivity index is 2.09. The molecule has 2 rings (SSSR count). The molecule has 1 aromatic carbocycles. The fourth-order valence-corrected chi connectivity index (χ4v) is 4.27. The Hall–Kier alpha value is -0.0600. The van der Waals surface area contributed by atoms with Crippen LogP contribution in [0.4, 0.5) is 0 Å². The van der Waals surface area contributed by atoms with E-state index in [9.17, 15) is 0 Å². The molecule has 4 heteroatoms. The molecular formula is C16H23Br2NO. The van der Waals surface area contributed by atoms with Crippen molar-refractivity contribution in [3.05, 3.63) is 26.6 Å². The second kappa shape index (κ2) is 7.28. The van der Waals surface area contributed by atoms with Crippen LogP contribution in [0.3, 0.4) is 0 Å². The first-order valence-corrected chi connectivity index (χ1v) is 8.89. The maximum atomic E-state index is 6.25. The highest BCUT2D eigenvalue weighted by Crippen LogP contribution is 2.38. The average Bonchev–Trinajstić information content (AvgIpc) is 2.38. The maximum absolute atomic E-state index is 6.25. The molecule has 0 saturated heterocycles. The van der Waals surface area contributed by atoms with Crippen LogP contribution in [0, 0.1) is 11.8 Å². The van der Waals surface area contributed by atoms with Crippen molar-refractivity contribution in [1.29, 1.82) is 0 Å². The van der Waals surface area contributed by atoms with Gasteiger partial charge in [-0.2, -0.15) is 0 Å². The third kappa shape index (κ3) is 3.99. The minimum Gasteiger partial charge on any atom is -0.488 e. The van der Waals surface area contributed by atoms with Gasteiger partial charge in [-0.1, -0.05) is 13.8 Å². The first-order chi connectivity index (χ1) is 9.51. The van der Waals surface area contributed by atoms with Gasteiger partial charge in [-0.15, -0.1) is 0 Å². The third-order valence-electron chi connectivity index (χ3n) is 4.27. The van der Waals surface area contributed by atoms with E-state index in [0.29, 0.717) is 6.10 Å². The summed E-state index contributed by atoms with van der Waals surface area (Å²) in [4.78, 5) is 0. The molecule has 0 bridgehead atoms. The van der Waals surface area contributed by atoms with Gasteiger partial charge in [-0.3, -0.25) is 0 Å². The Morgan fingerprint density at radius 2 is 1.80 bits per heavy atom. The van der Waals surface area contributed by atoms with Gasteiger partial charge in [0.25, 0.3) is 0 Å². The van der Waals surface area contributed by atoms with Crippen LogP contribution in [-0.4, -0.2) is 13.2 Å². The second-order valence-electron chi connectivity index (χ2n) is 5.93. The van der Waals surface area contributed by atoms with Gasteiger partial charge in [0, 0.05) is 6.54 Å². The van der Waals surface area contributed by atoms with Crippen molar-refractivity contribution in [3.8, 4) is 5.75 Å². The maximum Gasteiger partial charge on any atom is 0.148 e. The van der Waals surface area contributed by atoms with Gasteiger partial charge < -0.3 is 10.1 Å². The molecule has 1 fully saturated rings. The first-order valence-electron chi connectivity index (χ1n) is 7.30. The van der Waals surface area contributed by atoms with E-state index in [2.05, 4.69) is 63.2 Å². The number of hydrogen-bond donors (Lipinski definition) is 1. The third-order valence-corrected chi connectivity index (χ3v) is 5.45. The van der Waals surface area contributed by atoms with Crippen molar-refractivity contribution in [2.45, 2.75) is 45.8 Å². The Kier molecular flexibility index (Phi) is 5.94. The summed E-state index contributed by atoms with van der Waals surface area (Å²) in [6, 6.07) is 4.26. The van der Waals surface area contributed by atoms with Crippen LogP contribution < -0.4 is 10.1 Å². The minimum absolute atomic E-state index is 0.337. The fourth-order valence-electron chi connectivity index (χ4n) is 2.80. The molecule has 3 unspecified atom stereocenters. The number of halogens is 2. The van der Waals surface area contributed by atoms with Crippen LogP contribution in [0.15, 0.2) is 21.1 Å². The number of hydrogen-bond acceptors (Lipinski definition) is 2. The highest BCUT2D eigenvalue weighted by molar-refractivity contribution is 9.11. The predicted octanol–water partition coefficient (Wildman–Crippen LogP) is 5.13. The van der Waals surface area contributed by atoms with Crippen molar-refractivity contribution in [3.63, 3.8) is 0 Å². The predicted molar refractivity (Wildman–Crippen MR) is 91.2 cm³/mol. The van der Waals surface area contributed by atoms with E-state index in [1.54, 1.807) is 0 Å². The molecule has 0 aromatic heterocycles. The van der Waals surface area contributed by atoms with Crippen molar-refractivity contribution in [1.82, 2.24) is 5.32 Å². The summed E-state index contributed by atoms with van der Waals surface area (Å²) >= 11 is 7.28. The van der Waals surface area contributed by atoms with E-state index in [0.717, 1.165) is 45.9 Å². The Morgan fingerprint density at radius 3 is 2.35 bits per heavy atom. The van der Waals surface area contributed by atoms with E-state index in [1.807, 2.05) is 7.05 Å². The minimum atomic E-state index is 0.337. The molecule has 0 spiro atoms. The first kappa shape index (κ1) is 16.3. The summed E-state index contributed by atoms with van der Waals surface area (Å²) in [5.41, 5.74) is 1.24. The number of benzene rings is 1. The topological polar surface area (TPSA) is 21.3 Å². The van der Waals surface area contributed by atoms with Crippen LogP contribution in [0.25, 0.3) is 0 Å². The summed E-state index contributed by atoms with van der Waals surface area (Å²) in [6.45, 7) is 5.54. The van der Waals surface area contributed by atoms with Gasteiger partial charge in [-0.25, -0.2) is 0 Å². The lowest BCUT2D eigenvalue weighted by Gasteiger charge is -2.32. The van der Waals surface area contributed by atoms with Gasteiger partial charge in [0.2, 0.25) is 0 Å². The van der Waals surface area contributed by atoms with Crippen molar-refractivity contribution < 1.29 is 4.74 Å². The van der Waals surface area contributed by atoms with Crippen molar-refractivity contribution in [2.75, 3.05) is 7.05 Å². The highest BCUT2D eigenvalue weighted by Gasteiger charge is 2.26. The van der Waals surface area contributed by atoms with Gasteiger partial charge in [0.15, 0.2) is 0 Å². The van der Waals surface area contributed by atoms with Gasteiger partial charge in [-0.05, 0) is 87.7 Å². The second-order valence-corrected chi connectivity index (χ2v) is 7.64.